The fourth-order valence-electron chi connectivity index (χ4n) is 4.71. The van der Waals surface area contributed by atoms with Gasteiger partial charge in [0, 0.05) is 55.6 Å². The number of methoxy groups -OCH3 is 1. The maximum Gasteiger partial charge on any atom is 0.225 e. The van der Waals surface area contributed by atoms with Gasteiger partial charge in [-0.1, -0.05) is 30.3 Å². The highest BCUT2D eigenvalue weighted by Gasteiger charge is 2.31. The van der Waals surface area contributed by atoms with Crippen molar-refractivity contribution in [3.8, 4) is 17.3 Å². The summed E-state index contributed by atoms with van der Waals surface area (Å²) in [6.45, 7) is 2.90. The first-order valence-corrected chi connectivity index (χ1v) is 11.5. The molecule has 1 aliphatic heterocycles. The van der Waals surface area contributed by atoms with E-state index in [9.17, 15) is 4.79 Å². The summed E-state index contributed by atoms with van der Waals surface area (Å²) in [7, 11) is 1.65. The number of fused-ring (bicyclic) bond motifs is 1. The van der Waals surface area contributed by atoms with Crippen molar-refractivity contribution in [2.24, 2.45) is 5.92 Å². The van der Waals surface area contributed by atoms with Crippen LogP contribution in [-0.2, 0) is 17.6 Å². The lowest BCUT2D eigenvalue weighted by atomic mass is 9.97. The van der Waals surface area contributed by atoms with Crippen LogP contribution in [0.1, 0.15) is 24.1 Å². The molecule has 1 aromatic carbocycles. The third-order valence-electron chi connectivity index (χ3n) is 6.53. The number of ether oxygens (including phenoxy) is 1. The number of hydrogen-bond acceptors (Lipinski definition) is 7. The molecule has 2 aliphatic rings. The van der Waals surface area contributed by atoms with Crippen LogP contribution in [0, 0.1) is 5.92 Å². The van der Waals surface area contributed by atoms with Crippen LogP contribution in [0.2, 0.25) is 0 Å². The Morgan fingerprint density at radius 3 is 2.39 bits per heavy atom. The summed E-state index contributed by atoms with van der Waals surface area (Å²) in [5.74, 6) is 2.27. The van der Waals surface area contributed by atoms with E-state index in [0.717, 1.165) is 61.5 Å². The fraction of sp³-hybridized carbons (Fsp3) is 0.400. The van der Waals surface area contributed by atoms with Gasteiger partial charge in [0.1, 0.15) is 0 Å². The average Bonchev–Trinajstić information content (AvgIpc) is 3.11. The number of hydrogen-bond donors (Lipinski definition) is 0. The zero-order chi connectivity index (χ0) is 22.6. The minimum atomic E-state index is -0.0105. The molecule has 1 amide bonds. The first-order chi connectivity index (χ1) is 16.2. The Kier molecular flexibility index (Phi) is 6.15. The number of carbonyl (C=O) groups is 1. The van der Waals surface area contributed by atoms with Crippen LogP contribution in [-0.4, -0.2) is 64.0 Å². The van der Waals surface area contributed by atoms with Crippen molar-refractivity contribution in [1.82, 2.24) is 24.8 Å². The van der Waals surface area contributed by atoms with Crippen molar-refractivity contribution in [3.05, 3.63) is 60.0 Å². The van der Waals surface area contributed by atoms with E-state index < -0.39 is 0 Å². The van der Waals surface area contributed by atoms with Crippen LogP contribution in [0.15, 0.2) is 48.8 Å². The van der Waals surface area contributed by atoms with Crippen molar-refractivity contribution in [2.75, 3.05) is 38.2 Å². The number of carbonyl (C=O) groups excluding carboxylic acids is 1. The fourth-order valence-corrected chi connectivity index (χ4v) is 4.71. The van der Waals surface area contributed by atoms with Crippen molar-refractivity contribution in [2.45, 2.75) is 25.7 Å². The van der Waals surface area contributed by atoms with Gasteiger partial charge in [0.15, 0.2) is 5.82 Å². The largest absolute Gasteiger partial charge is 0.481 e. The molecule has 1 saturated heterocycles. The van der Waals surface area contributed by atoms with Crippen molar-refractivity contribution in [1.29, 1.82) is 0 Å². The quantitative estimate of drug-likeness (QED) is 0.572. The molecule has 0 spiro atoms. The highest BCUT2D eigenvalue weighted by Crippen LogP contribution is 2.32. The summed E-state index contributed by atoms with van der Waals surface area (Å²) in [5.41, 5.74) is 3.01. The first-order valence-electron chi connectivity index (χ1n) is 11.5. The van der Waals surface area contributed by atoms with E-state index in [0.29, 0.717) is 24.8 Å². The predicted molar refractivity (Wildman–Crippen MR) is 125 cm³/mol. The van der Waals surface area contributed by atoms with Gasteiger partial charge < -0.3 is 14.5 Å². The Labute approximate surface area is 193 Å². The Morgan fingerprint density at radius 2 is 1.67 bits per heavy atom. The van der Waals surface area contributed by atoms with Crippen LogP contribution in [0.4, 0.5) is 5.95 Å². The molecule has 1 fully saturated rings. The molecule has 8 heteroatoms. The third-order valence-corrected chi connectivity index (χ3v) is 6.53. The lowest BCUT2D eigenvalue weighted by molar-refractivity contribution is -0.136. The van der Waals surface area contributed by atoms with E-state index in [2.05, 4.69) is 19.9 Å². The highest BCUT2D eigenvalue weighted by atomic mass is 16.5. The van der Waals surface area contributed by atoms with E-state index in [1.165, 1.54) is 0 Å². The number of benzene rings is 1. The lowest BCUT2D eigenvalue weighted by Crippen LogP contribution is -2.50. The van der Waals surface area contributed by atoms with E-state index in [4.69, 9.17) is 9.72 Å². The predicted octanol–water partition coefficient (Wildman–Crippen LogP) is 2.79. The molecule has 0 bridgehead atoms. The first kappa shape index (κ1) is 21.3. The van der Waals surface area contributed by atoms with Gasteiger partial charge in [0.2, 0.25) is 17.7 Å². The number of aryl methyl sites for hydroxylation is 1. The second-order valence-electron chi connectivity index (χ2n) is 8.48. The molecule has 5 rings (SSSR count). The van der Waals surface area contributed by atoms with Crippen LogP contribution in [0.5, 0.6) is 5.88 Å². The summed E-state index contributed by atoms with van der Waals surface area (Å²) >= 11 is 0. The van der Waals surface area contributed by atoms with Gasteiger partial charge in [-0.25, -0.2) is 15.0 Å². The van der Waals surface area contributed by atoms with Crippen molar-refractivity contribution in [3.63, 3.8) is 0 Å². The summed E-state index contributed by atoms with van der Waals surface area (Å²) in [6, 6.07) is 11.8. The Balaban J connectivity index is 1.27. The molecule has 1 atom stereocenters. The number of piperazine rings is 1. The molecule has 0 saturated carbocycles. The highest BCUT2D eigenvalue weighted by molar-refractivity contribution is 5.79. The van der Waals surface area contributed by atoms with Gasteiger partial charge in [0.05, 0.1) is 12.8 Å². The van der Waals surface area contributed by atoms with Crippen molar-refractivity contribution < 1.29 is 9.53 Å². The lowest BCUT2D eigenvalue weighted by Gasteiger charge is -2.36. The topological polar surface area (TPSA) is 84.3 Å². The van der Waals surface area contributed by atoms with E-state index in [1.54, 1.807) is 19.5 Å². The Hall–Kier alpha value is -3.55. The maximum atomic E-state index is 13.4. The Bertz CT molecular complexity index is 1100. The minimum absolute atomic E-state index is 0.0105. The van der Waals surface area contributed by atoms with E-state index in [-0.39, 0.29) is 11.8 Å². The van der Waals surface area contributed by atoms with Gasteiger partial charge in [-0.05, 0) is 31.7 Å². The van der Waals surface area contributed by atoms with Gasteiger partial charge in [-0.2, -0.15) is 4.98 Å². The molecule has 3 heterocycles. The number of aromatic nitrogens is 4. The zero-order valence-corrected chi connectivity index (χ0v) is 18.9. The molecule has 8 nitrogen and oxygen atoms in total. The normalized spacial score (nSPS) is 18.4. The molecular formula is C25H28N6O2. The van der Waals surface area contributed by atoms with Gasteiger partial charge >= 0.3 is 0 Å². The van der Waals surface area contributed by atoms with E-state index >= 15 is 0 Å². The smallest absolute Gasteiger partial charge is 0.225 e. The summed E-state index contributed by atoms with van der Waals surface area (Å²) < 4.78 is 5.63. The molecular weight excluding hydrogens is 416 g/mol. The number of rotatable bonds is 4. The SMILES string of the molecule is COc1nc(-c2ccccc2)nc2c1CCC(C(=O)N1CCN(c3ncccn3)CC1)CC2. The standard InChI is InChI=1S/C25H28N6O2/c1-33-23-20-10-8-19(9-11-21(20)28-22(29-23)18-6-3-2-4-7-18)24(32)30-14-16-31(17-15-30)25-26-12-5-13-27-25/h2-7,12-13,19H,8-11,14-17H2,1H3. The van der Waals surface area contributed by atoms with Crippen LogP contribution in [0.3, 0.4) is 0 Å². The van der Waals surface area contributed by atoms with Gasteiger partial charge in [-0.15, -0.1) is 0 Å². The summed E-state index contributed by atoms with van der Waals surface area (Å²) in [6.07, 6.45) is 6.59. The molecule has 33 heavy (non-hydrogen) atoms. The van der Waals surface area contributed by atoms with Crippen molar-refractivity contribution >= 4 is 11.9 Å². The van der Waals surface area contributed by atoms with Crippen LogP contribution < -0.4 is 9.64 Å². The molecule has 170 valence electrons. The molecule has 1 unspecified atom stereocenters. The second kappa shape index (κ2) is 9.52. The average molecular weight is 445 g/mol. The van der Waals surface area contributed by atoms with Crippen LogP contribution in [0.25, 0.3) is 11.4 Å². The maximum absolute atomic E-state index is 13.4. The van der Waals surface area contributed by atoms with Crippen LogP contribution >= 0.6 is 0 Å². The molecule has 1 aliphatic carbocycles. The second-order valence-corrected chi connectivity index (χ2v) is 8.48. The summed E-state index contributed by atoms with van der Waals surface area (Å²) in [5, 5.41) is 0. The number of nitrogens with zero attached hydrogens (tertiary/aromatic N) is 6. The Morgan fingerprint density at radius 1 is 0.939 bits per heavy atom. The van der Waals surface area contributed by atoms with Gasteiger partial charge in [0.25, 0.3) is 0 Å². The third kappa shape index (κ3) is 4.51. The number of amides is 1. The monoisotopic (exact) mass is 444 g/mol. The number of anilines is 1. The zero-order valence-electron chi connectivity index (χ0n) is 18.9. The summed E-state index contributed by atoms with van der Waals surface area (Å²) in [4.78, 5) is 35.7. The molecule has 0 radical (unpaired) electrons. The van der Waals surface area contributed by atoms with Gasteiger partial charge in [-0.3, -0.25) is 4.79 Å². The molecule has 2 aromatic heterocycles. The minimum Gasteiger partial charge on any atom is -0.481 e. The molecule has 3 aromatic rings. The van der Waals surface area contributed by atoms with E-state index in [1.807, 2.05) is 41.3 Å². The molecule has 0 N–H and O–H groups in total.